The molecule has 0 bridgehead atoms. The van der Waals surface area contributed by atoms with Crippen molar-refractivity contribution in [3.63, 3.8) is 0 Å². The second kappa shape index (κ2) is 9.20. The molecule has 1 heterocycles. The van der Waals surface area contributed by atoms with Gasteiger partial charge in [-0.3, -0.25) is 4.79 Å². The number of nitrogens with one attached hydrogen (secondary N) is 1. The molecule has 0 saturated heterocycles. The van der Waals surface area contributed by atoms with Gasteiger partial charge >= 0.3 is 0 Å². The van der Waals surface area contributed by atoms with Gasteiger partial charge in [0.25, 0.3) is 0 Å². The Morgan fingerprint density at radius 1 is 1.09 bits per heavy atom. The predicted molar refractivity (Wildman–Crippen MR) is 134 cm³/mol. The number of nitrogens with zero attached hydrogens (tertiary/aromatic N) is 1. The number of aliphatic hydroxyl groups excluding tert-OH is 2. The fraction of sp³-hybridized carbons (Fsp3) is 0.793. The minimum absolute atomic E-state index is 0.0510. The summed E-state index contributed by atoms with van der Waals surface area (Å²) in [5, 5.41) is 24.6. The summed E-state index contributed by atoms with van der Waals surface area (Å²) in [5.41, 5.74) is 0.536. The van der Waals surface area contributed by atoms with Crippen LogP contribution in [0.4, 0.5) is 5.82 Å². The quantitative estimate of drug-likeness (QED) is 0.538. The Bertz CT molecular complexity index is 877. The van der Waals surface area contributed by atoms with Crippen molar-refractivity contribution in [2.45, 2.75) is 97.2 Å². The van der Waals surface area contributed by atoms with E-state index < -0.39 is 0 Å². The number of carbonyl (C=O) groups excluding carboxylic acids is 1. The number of amides is 1. The first-order valence-electron chi connectivity index (χ1n) is 13.8. The second-order valence-corrected chi connectivity index (χ2v) is 12.7. The highest BCUT2D eigenvalue weighted by Gasteiger charge is 2.62. The van der Waals surface area contributed by atoms with Crippen molar-refractivity contribution in [3.05, 3.63) is 24.4 Å². The minimum atomic E-state index is -0.226. The molecule has 4 aliphatic rings. The fourth-order valence-electron chi connectivity index (χ4n) is 9.38. The number of rotatable bonds is 5. The van der Waals surface area contributed by atoms with Crippen LogP contribution in [0.25, 0.3) is 0 Å². The van der Waals surface area contributed by atoms with Crippen molar-refractivity contribution in [2.24, 2.45) is 46.3 Å². The van der Waals surface area contributed by atoms with Gasteiger partial charge in [0.15, 0.2) is 0 Å². The molecule has 0 aromatic carbocycles. The summed E-state index contributed by atoms with van der Waals surface area (Å²) >= 11 is 0. The van der Waals surface area contributed by atoms with Crippen LogP contribution in [0.15, 0.2) is 24.4 Å². The number of aliphatic hydroxyl groups is 2. The zero-order valence-electron chi connectivity index (χ0n) is 21.2. The van der Waals surface area contributed by atoms with Crippen LogP contribution >= 0.6 is 0 Å². The molecule has 5 rings (SSSR count). The Labute approximate surface area is 205 Å². The lowest BCUT2D eigenvalue weighted by Gasteiger charge is -2.62. The largest absolute Gasteiger partial charge is 0.393 e. The van der Waals surface area contributed by atoms with Gasteiger partial charge in [0.05, 0.1) is 12.2 Å². The minimum Gasteiger partial charge on any atom is -0.393 e. The van der Waals surface area contributed by atoms with Crippen LogP contribution < -0.4 is 5.32 Å². The lowest BCUT2D eigenvalue weighted by molar-refractivity contribution is -0.174. The average Bonchev–Trinajstić information content (AvgIpc) is 3.16. The third-order valence-electron chi connectivity index (χ3n) is 11.2. The zero-order chi connectivity index (χ0) is 24.1. The lowest BCUT2D eigenvalue weighted by atomic mass is 9.43. The number of anilines is 1. The van der Waals surface area contributed by atoms with Crippen molar-refractivity contribution in [3.8, 4) is 0 Å². The monoisotopic (exact) mass is 468 g/mol. The summed E-state index contributed by atoms with van der Waals surface area (Å²) in [6, 6.07) is 5.57. The third kappa shape index (κ3) is 4.11. The van der Waals surface area contributed by atoms with Crippen molar-refractivity contribution in [1.82, 2.24) is 4.98 Å². The van der Waals surface area contributed by atoms with E-state index in [1.807, 2.05) is 18.2 Å². The van der Waals surface area contributed by atoms with Crippen LogP contribution in [0, 0.1) is 46.3 Å². The molecular weight excluding hydrogens is 424 g/mol. The summed E-state index contributed by atoms with van der Waals surface area (Å²) in [6.45, 7) is 7.32. The van der Waals surface area contributed by atoms with Gasteiger partial charge in [-0.1, -0.05) is 26.8 Å². The molecule has 5 heteroatoms. The number of aromatic nitrogens is 1. The normalized spacial score (nSPS) is 44.4. The highest BCUT2D eigenvalue weighted by molar-refractivity contribution is 5.89. The van der Waals surface area contributed by atoms with Crippen LogP contribution in [-0.2, 0) is 4.79 Å². The van der Waals surface area contributed by atoms with E-state index in [4.69, 9.17) is 0 Å². The summed E-state index contributed by atoms with van der Waals surface area (Å²) in [4.78, 5) is 16.7. The molecule has 188 valence electrons. The number of carbonyl (C=O) groups is 1. The molecule has 1 amide bonds. The summed E-state index contributed by atoms with van der Waals surface area (Å²) < 4.78 is 0. The Morgan fingerprint density at radius 2 is 1.85 bits per heavy atom. The van der Waals surface area contributed by atoms with Gasteiger partial charge in [-0.2, -0.15) is 0 Å². The van der Waals surface area contributed by atoms with Gasteiger partial charge in [-0.15, -0.1) is 0 Å². The van der Waals surface area contributed by atoms with E-state index in [9.17, 15) is 15.0 Å². The van der Waals surface area contributed by atoms with E-state index in [-0.39, 0.29) is 28.9 Å². The van der Waals surface area contributed by atoms with Gasteiger partial charge in [0.1, 0.15) is 5.82 Å². The molecule has 1 aromatic rings. The van der Waals surface area contributed by atoms with Crippen molar-refractivity contribution >= 4 is 11.7 Å². The first kappa shape index (κ1) is 24.2. The molecule has 5 nitrogen and oxygen atoms in total. The Morgan fingerprint density at radius 3 is 2.62 bits per heavy atom. The molecule has 3 N–H and O–H groups in total. The molecule has 0 aliphatic heterocycles. The van der Waals surface area contributed by atoms with Gasteiger partial charge in [-0.05, 0) is 116 Å². The van der Waals surface area contributed by atoms with Crippen LogP contribution in [-0.4, -0.2) is 33.3 Å². The van der Waals surface area contributed by atoms with Gasteiger partial charge < -0.3 is 15.5 Å². The highest BCUT2D eigenvalue weighted by Crippen LogP contribution is 2.68. The molecule has 4 fully saturated rings. The first-order chi connectivity index (χ1) is 16.2. The smallest absolute Gasteiger partial charge is 0.225 e. The number of hydrogen-bond acceptors (Lipinski definition) is 4. The second-order valence-electron chi connectivity index (χ2n) is 12.7. The highest BCUT2D eigenvalue weighted by atomic mass is 16.3. The Kier molecular flexibility index (Phi) is 6.56. The maximum atomic E-state index is 12.5. The molecule has 10 atom stereocenters. The van der Waals surface area contributed by atoms with Crippen molar-refractivity contribution in [1.29, 1.82) is 0 Å². The SMILES string of the molecule is CC(CCC(=O)Nc1ccccn1)C1CCC2C3C(O)CC4CC(O)CCC4(C)C3CCC12C. The van der Waals surface area contributed by atoms with Crippen LogP contribution in [0.1, 0.15) is 85.0 Å². The van der Waals surface area contributed by atoms with E-state index in [2.05, 4.69) is 31.1 Å². The molecule has 0 spiro atoms. The molecule has 4 aliphatic carbocycles. The topological polar surface area (TPSA) is 82.5 Å². The van der Waals surface area contributed by atoms with Crippen LogP contribution in [0.2, 0.25) is 0 Å². The lowest BCUT2D eigenvalue weighted by Crippen LogP contribution is -2.58. The fourth-order valence-corrected chi connectivity index (χ4v) is 9.38. The number of pyridine rings is 1. The van der Waals surface area contributed by atoms with E-state index in [0.29, 0.717) is 47.7 Å². The standard InChI is InChI=1S/C29H44N2O3/c1-18(7-10-26(34)31-25-6-4-5-15-30-25)21-8-9-22-27-23(12-14-29(21,22)3)28(2)13-11-20(32)16-19(28)17-24(27)33/h4-6,15,18-24,27,32-33H,7-14,16-17H2,1-3H3,(H,30,31,34). The Balaban J connectivity index is 1.25. The van der Waals surface area contributed by atoms with Gasteiger partial charge in [-0.25, -0.2) is 4.98 Å². The summed E-state index contributed by atoms with van der Waals surface area (Å²) in [6.07, 6.45) is 11.4. The van der Waals surface area contributed by atoms with Crippen molar-refractivity contribution in [2.75, 3.05) is 5.32 Å². The Hall–Kier alpha value is -1.46. The number of hydrogen-bond donors (Lipinski definition) is 3. The predicted octanol–water partition coefficient (Wildman–Crippen LogP) is 5.43. The zero-order valence-corrected chi connectivity index (χ0v) is 21.2. The third-order valence-corrected chi connectivity index (χ3v) is 11.2. The molecular formula is C29H44N2O3. The maximum Gasteiger partial charge on any atom is 0.225 e. The van der Waals surface area contributed by atoms with Crippen LogP contribution in [0.3, 0.4) is 0 Å². The van der Waals surface area contributed by atoms with Gasteiger partial charge in [0.2, 0.25) is 5.91 Å². The number of fused-ring (bicyclic) bond motifs is 5. The average molecular weight is 469 g/mol. The van der Waals surface area contributed by atoms with E-state index in [1.54, 1.807) is 6.20 Å². The van der Waals surface area contributed by atoms with Gasteiger partial charge in [0, 0.05) is 12.6 Å². The summed E-state index contributed by atoms with van der Waals surface area (Å²) in [5.74, 6) is 3.83. The maximum absolute atomic E-state index is 12.5. The van der Waals surface area contributed by atoms with E-state index >= 15 is 0 Å². The molecule has 4 saturated carbocycles. The molecule has 1 aromatic heterocycles. The van der Waals surface area contributed by atoms with Crippen molar-refractivity contribution < 1.29 is 15.0 Å². The first-order valence-corrected chi connectivity index (χ1v) is 13.8. The van der Waals surface area contributed by atoms with E-state index in [1.165, 1.54) is 25.7 Å². The molecule has 34 heavy (non-hydrogen) atoms. The molecule has 10 unspecified atom stereocenters. The molecule has 0 radical (unpaired) electrons. The van der Waals surface area contributed by atoms with Crippen LogP contribution in [0.5, 0.6) is 0 Å². The summed E-state index contributed by atoms with van der Waals surface area (Å²) in [7, 11) is 0. The van der Waals surface area contributed by atoms with E-state index in [0.717, 1.165) is 32.1 Å².